The summed E-state index contributed by atoms with van der Waals surface area (Å²) in [7, 11) is 1.44. The van der Waals surface area contributed by atoms with Gasteiger partial charge in [-0.3, -0.25) is 4.79 Å². The first-order chi connectivity index (χ1) is 8.31. The van der Waals surface area contributed by atoms with Crippen LogP contribution in [0.5, 0.6) is 0 Å². The summed E-state index contributed by atoms with van der Waals surface area (Å²) in [5.74, 6) is 2.24. The Morgan fingerprint density at radius 1 is 1.12 bits per heavy atom. The number of carbonyl (C=O) groups is 1. The second-order valence-electron chi connectivity index (χ2n) is 3.94. The van der Waals surface area contributed by atoms with Gasteiger partial charge in [0.15, 0.2) is 0 Å². The number of carbonyl (C=O) groups excluding carboxylic acids is 1. The van der Waals surface area contributed by atoms with Crippen molar-refractivity contribution in [2.24, 2.45) is 0 Å². The Morgan fingerprint density at radius 3 is 2.41 bits per heavy atom. The molecule has 0 aliphatic rings. The molecule has 0 fully saturated rings. The molecule has 0 bridgehead atoms. The molecule has 0 aliphatic heterocycles. The van der Waals surface area contributed by atoms with E-state index in [0.29, 0.717) is 13.0 Å². The van der Waals surface area contributed by atoms with Gasteiger partial charge in [-0.05, 0) is 37.2 Å². The molecule has 0 aromatic rings. The Bertz CT molecular complexity index is 226. The molecular formula is C13H23NO2S. The summed E-state index contributed by atoms with van der Waals surface area (Å²) in [5.41, 5.74) is 0. The van der Waals surface area contributed by atoms with E-state index in [9.17, 15) is 4.79 Å². The van der Waals surface area contributed by atoms with Crippen LogP contribution in [0.25, 0.3) is 4.85 Å². The van der Waals surface area contributed by atoms with Gasteiger partial charge in [-0.25, -0.2) is 6.57 Å². The van der Waals surface area contributed by atoms with Crippen LogP contribution in [0.3, 0.4) is 0 Å². The van der Waals surface area contributed by atoms with E-state index in [1.54, 1.807) is 0 Å². The fraction of sp³-hybridized carbons (Fsp3) is 0.846. The van der Waals surface area contributed by atoms with E-state index in [2.05, 4.69) is 9.58 Å². The molecule has 98 valence electrons. The lowest BCUT2D eigenvalue weighted by atomic mass is 10.2. The van der Waals surface area contributed by atoms with E-state index < -0.39 is 0 Å². The summed E-state index contributed by atoms with van der Waals surface area (Å²) in [4.78, 5) is 14.2. The van der Waals surface area contributed by atoms with Crippen LogP contribution in [-0.2, 0) is 9.53 Å². The lowest BCUT2D eigenvalue weighted by molar-refractivity contribution is -0.140. The maximum absolute atomic E-state index is 10.8. The average molecular weight is 257 g/mol. The van der Waals surface area contributed by atoms with Gasteiger partial charge in [0.25, 0.3) is 0 Å². The van der Waals surface area contributed by atoms with Crippen molar-refractivity contribution in [3.63, 3.8) is 0 Å². The summed E-state index contributed by atoms with van der Waals surface area (Å²) in [6.07, 6.45) is 7.30. The number of methoxy groups -OCH3 is 1. The van der Waals surface area contributed by atoms with E-state index in [0.717, 1.165) is 25.0 Å². The van der Waals surface area contributed by atoms with Crippen molar-refractivity contribution in [1.82, 2.24) is 0 Å². The molecule has 4 heteroatoms. The van der Waals surface area contributed by atoms with Crippen molar-refractivity contribution in [3.8, 4) is 0 Å². The number of rotatable bonds is 11. The molecule has 3 nitrogen and oxygen atoms in total. The number of esters is 1. The highest BCUT2D eigenvalue weighted by atomic mass is 32.2. The highest BCUT2D eigenvalue weighted by molar-refractivity contribution is 7.99. The van der Waals surface area contributed by atoms with Gasteiger partial charge in [0, 0.05) is 12.8 Å². The number of hydrogen-bond acceptors (Lipinski definition) is 3. The minimum Gasteiger partial charge on any atom is -0.469 e. The second kappa shape index (κ2) is 13.4. The van der Waals surface area contributed by atoms with Gasteiger partial charge in [-0.15, -0.1) is 0 Å². The predicted octanol–water partition coefficient (Wildman–Crippen LogP) is 3.54. The average Bonchev–Trinajstić information content (AvgIpc) is 2.35. The fourth-order valence-electron chi connectivity index (χ4n) is 1.43. The van der Waals surface area contributed by atoms with E-state index in [1.165, 1.54) is 32.1 Å². The molecule has 0 spiro atoms. The number of ether oxygens (including phenoxy) is 1. The van der Waals surface area contributed by atoms with E-state index in [1.807, 2.05) is 11.8 Å². The highest BCUT2D eigenvalue weighted by Crippen LogP contribution is 2.11. The molecule has 0 atom stereocenters. The Morgan fingerprint density at radius 2 is 1.76 bits per heavy atom. The molecule has 0 saturated heterocycles. The van der Waals surface area contributed by atoms with Gasteiger partial charge in [-0.2, -0.15) is 11.8 Å². The smallest absolute Gasteiger partial charge is 0.305 e. The first-order valence-electron chi connectivity index (χ1n) is 6.29. The molecule has 0 rings (SSSR count). The topological polar surface area (TPSA) is 30.7 Å². The van der Waals surface area contributed by atoms with Crippen LogP contribution in [-0.4, -0.2) is 31.1 Å². The van der Waals surface area contributed by atoms with Gasteiger partial charge in [0.1, 0.15) is 0 Å². The van der Waals surface area contributed by atoms with Crippen LogP contribution in [0.2, 0.25) is 0 Å². The van der Waals surface area contributed by atoms with Crippen molar-refractivity contribution in [3.05, 3.63) is 11.4 Å². The third kappa shape index (κ3) is 13.2. The molecule has 0 saturated carbocycles. The number of unbranched alkanes of at least 4 members (excludes halogenated alkanes) is 4. The summed E-state index contributed by atoms with van der Waals surface area (Å²) in [6, 6.07) is 0. The summed E-state index contributed by atoms with van der Waals surface area (Å²) < 4.78 is 4.58. The first-order valence-corrected chi connectivity index (χ1v) is 7.44. The zero-order chi connectivity index (χ0) is 12.8. The minimum atomic E-state index is -0.102. The molecule has 0 radical (unpaired) electrons. The van der Waals surface area contributed by atoms with E-state index in [-0.39, 0.29) is 5.97 Å². The Balaban J connectivity index is 2.99. The Kier molecular flexibility index (Phi) is 12.8. The zero-order valence-corrected chi connectivity index (χ0v) is 11.6. The molecular weight excluding hydrogens is 234 g/mol. The zero-order valence-electron chi connectivity index (χ0n) is 10.7. The van der Waals surface area contributed by atoms with Crippen LogP contribution < -0.4 is 0 Å². The number of nitrogens with zero attached hydrogens (tertiary/aromatic N) is 1. The monoisotopic (exact) mass is 257 g/mol. The molecule has 17 heavy (non-hydrogen) atoms. The lowest BCUT2D eigenvalue weighted by Gasteiger charge is -2.01. The van der Waals surface area contributed by atoms with Gasteiger partial charge < -0.3 is 9.58 Å². The molecule has 0 aliphatic carbocycles. The third-order valence-corrected chi connectivity index (χ3v) is 3.61. The third-order valence-electron chi connectivity index (χ3n) is 2.46. The Labute approximate surface area is 109 Å². The quantitative estimate of drug-likeness (QED) is 0.322. The summed E-state index contributed by atoms with van der Waals surface area (Å²) in [6.45, 7) is 7.33. The standard InChI is InChI=1S/C13H23NO2S/c1-14-10-6-3-4-7-11-17-12-8-5-9-13(15)16-2/h3-12H2,2H3. The van der Waals surface area contributed by atoms with Crippen molar-refractivity contribution in [1.29, 1.82) is 0 Å². The fourth-order valence-corrected chi connectivity index (χ4v) is 2.45. The van der Waals surface area contributed by atoms with Gasteiger partial charge in [0.05, 0.1) is 7.11 Å². The van der Waals surface area contributed by atoms with Gasteiger partial charge in [-0.1, -0.05) is 6.42 Å². The largest absolute Gasteiger partial charge is 0.469 e. The van der Waals surface area contributed by atoms with Crippen molar-refractivity contribution < 1.29 is 9.53 Å². The summed E-state index contributed by atoms with van der Waals surface area (Å²) in [5, 5.41) is 0. The van der Waals surface area contributed by atoms with Crippen LogP contribution in [0, 0.1) is 6.57 Å². The Hall–Kier alpha value is -0.690. The molecule has 0 aromatic carbocycles. The lowest BCUT2D eigenvalue weighted by Crippen LogP contribution is -1.99. The van der Waals surface area contributed by atoms with E-state index in [4.69, 9.17) is 6.57 Å². The maximum atomic E-state index is 10.8. The van der Waals surface area contributed by atoms with Crippen LogP contribution in [0.15, 0.2) is 0 Å². The number of thioether (sulfide) groups is 1. The molecule has 0 heterocycles. The normalized spacial score (nSPS) is 9.88. The van der Waals surface area contributed by atoms with Gasteiger partial charge in [0.2, 0.25) is 6.54 Å². The SMILES string of the molecule is [C-]#[N+]CCCCCCSCCCCC(=O)OC. The van der Waals surface area contributed by atoms with Crippen molar-refractivity contribution >= 4 is 17.7 Å². The van der Waals surface area contributed by atoms with Crippen molar-refractivity contribution in [2.75, 3.05) is 25.2 Å². The predicted molar refractivity (Wildman–Crippen MR) is 73.1 cm³/mol. The molecule has 0 aromatic heterocycles. The minimum absolute atomic E-state index is 0.102. The number of hydrogen-bond donors (Lipinski definition) is 0. The van der Waals surface area contributed by atoms with Crippen LogP contribution in [0.4, 0.5) is 0 Å². The van der Waals surface area contributed by atoms with Crippen LogP contribution in [0.1, 0.15) is 44.9 Å². The second-order valence-corrected chi connectivity index (χ2v) is 5.17. The molecule has 0 unspecified atom stereocenters. The van der Waals surface area contributed by atoms with Crippen molar-refractivity contribution in [2.45, 2.75) is 44.9 Å². The molecule has 0 N–H and O–H groups in total. The van der Waals surface area contributed by atoms with Crippen LogP contribution >= 0.6 is 11.8 Å². The molecule has 0 amide bonds. The van der Waals surface area contributed by atoms with E-state index >= 15 is 0 Å². The highest BCUT2D eigenvalue weighted by Gasteiger charge is 1.99. The van der Waals surface area contributed by atoms with Gasteiger partial charge >= 0.3 is 5.97 Å². The summed E-state index contributed by atoms with van der Waals surface area (Å²) >= 11 is 1.96. The maximum Gasteiger partial charge on any atom is 0.305 e. The first kappa shape index (κ1) is 16.3.